The van der Waals surface area contributed by atoms with Crippen molar-refractivity contribution in [3.8, 4) is 5.75 Å². The molecule has 0 bridgehead atoms. The molecule has 1 N–H and O–H groups in total. The van der Waals surface area contributed by atoms with Crippen LogP contribution in [0.5, 0.6) is 5.75 Å². The Morgan fingerprint density at radius 3 is 2.26 bits per heavy atom. The largest absolute Gasteiger partial charge is 0.495 e. The Labute approximate surface area is 243 Å². The van der Waals surface area contributed by atoms with E-state index in [1.54, 1.807) is 26.0 Å². The number of carbonyl (C=O) groups is 2. The van der Waals surface area contributed by atoms with Gasteiger partial charge in [0.15, 0.2) is 0 Å². The lowest BCUT2D eigenvalue weighted by molar-refractivity contribution is -0.139. The third-order valence-corrected chi connectivity index (χ3v) is 8.71. The molecule has 11 heteroatoms. The first-order valence-electron chi connectivity index (χ1n) is 12.2. The third-order valence-electron chi connectivity index (χ3n) is 6.10. The van der Waals surface area contributed by atoms with Crippen LogP contribution in [0.25, 0.3) is 0 Å². The molecular weight excluding hydrogens is 606 g/mol. The standard InChI is InChI=1S/C28H31BrClN3O5S/c1-5-31-28(35)20(3)32(17-21-8-10-22(29)11-9-21)27(34)18-33(23-12-15-26(38-4)25(30)16-23)39(36,37)24-13-6-19(2)7-14-24/h6-16,20H,5,17-18H2,1-4H3,(H,31,35)/t20-/m1/s1. The molecule has 0 heterocycles. The highest BCUT2D eigenvalue weighted by atomic mass is 79.9. The molecule has 0 radical (unpaired) electrons. The van der Waals surface area contributed by atoms with Crippen molar-refractivity contribution in [1.82, 2.24) is 10.2 Å². The topological polar surface area (TPSA) is 96.0 Å². The highest BCUT2D eigenvalue weighted by Gasteiger charge is 2.32. The number of anilines is 1. The van der Waals surface area contributed by atoms with Crippen molar-refractivity contribution in [3.63, 3.8) is 0 Å². The molecule has 0 aliphatic heterocycles. The van der Waals surface area contributed by atoms with Gasteiger partial charge in [-0.2, -0.15) is 0 Å². The van der Waals surface area contributed by atoms with E-state index in [2.05, 4.69) is 21.2 Å². The van der Waals surface area contributed by atoms with Gasteiger partial charge in [-0.1, -0.05) is 57.4 Å². The second-order valence-electron chi connectivity index (χ2n) is 8.86. The number of halogens is 2. The number of nitrogens with zero attached hydrogens (tertiary/aromatic N) is 2. The fraction of sp³-hybridized carbons (Fsp3) is 0.286. The molecular formula is C28H31BrClN3O5S. The summed E-state index contributed by atoms with van der Waals surface area (Å²) in [4.78, 5) is 28.0. The van der Waals surface area contributed by atoms with E-state index in [0.29, 0.717) is 12.3 Å². The van der Waals surface area contributed by atoms with Crippen LogP contribution in [0.2, 0.25) is 5.02 Å². The van der Waals surface area contributed by atoms with E-state index in [1.165, 1.54) is 42.3 Å². The van der Waals surface area contributed by atoms with Gasteiger partial charge in [-0.05, 0) is 68.8 Å². The van der Waals surface area contributed by atoms with Gasteiger partial charge in [-0.25, -0.2) is 8.42 Å². The predicted octanol–water partition coefficient (Wildman–Crippen LogP) is 5.17. The molecule has 208 valence electrons. The average molecular weight is 637 g/mol. The number of methoxy groups -OCH3 is 1. The van der Waals surface area contributed by atoms with Crippen LogP contribution in [0.4, 0.5) is 5.69 Å². The quantitative estimate of drug-likeness (QED) is 0.314. The first-order valence-corrected chi connectivity index (χ1v) is 14.8. The minimum Gasteiger partial charge on any atom is -0.495 e. The van der Waals surface area contributed by atoms with E-state index < -0.39 is 28.5 Å². The summed E-state index contributed by atoms with van der Waals surface area (Å²) < 4.78 is 34.8. The van der Waals surface area contributed by atoms with Crippen molar-refractivity contribution in [2.75, 3.05) is 24.5 Å². The number of nitrogens with one attached hydrogen (secondary N) is 1. The average Bonchev–Trinajstić information content (AvgIpc) is 2.91. The Hall–Kier alpha value is -3.08. The zero-order valence-corrected chi connectivity index (χ0v) is 25.3. The van der Waals surface area contributed by atoms with Gasteiger partial charge in [0.05, 0.1) is 22.7 Å². The van der Waals surface area contributed by atoms with Crippen LogP contribution in [0.1, 0.15) is 25.0 Å². The van der Waals surface area contributed by atoms with Crippen LogP contribution < -0.4 is 14.4 Å². The molecule has 1 atom stereocenters. The Balaban J connectivity index is 2.06. The van der Waals surface area contributed by atoms with Gasteiger partial charge < -0.3 is 15.0 Å². The number of amides is 2. The van der Waals surface area contributed by atoms with E-state index >= 15 is 0 Å². The lowest BCUT2D eigenvalue weighted by Gasteiger charge is -2.32. The normalized spacial score (nSPS) is 11.9. The highest BCUT2D eigenvalue weighted by Crippen LogP contribution is 2.32. The molecule has 0 fully saturated rings. The van der Waals surface area contributed by atoms with Crippen LogP contribution in [0.3, 0.4) is 0 Å². The lowest BCUT2D eigenvalue weighted by Crippen LogP contribution is -2.51. The van der Waals surface area contributed by atoms with Crippen molar-refractivity contribution >= 4 is 55.1 Å². The summed E-state index contributed by atoms with van der Waals surface area (Å²) in [5, 5.41) is 2.93. The number of carbonyl (C=O) groups excluding carboxylic acids is 2. The molecule has 0 aliphatic rings. The van der Waals surface area contributed by atoms with Crippen molar-refractivity contribution < 1.29 is 22.7 Å². The summed E-state index contributed by atoms with van der Waals surface area (Å²) in [6, 6.07) is 17.3. The summed E-state index contributed by atoms with van der Waals surface area (Å²) in [7, 11) is -2.74. The molecule has 2 amide bonds. The van der Waals surface area contributed by atoms with E-state index in [4.69, 9.17) is 16.3 Å². The molecule has 0 aliphatic carbocycles. The maximum absolute atomic E-state index is 13.9. The molecule has 8 nitrogen and oxygen atoms in total. The molecule has 3 rings (SSSR count). The highest BCUT2D eigenvalue weighted by molar-refractivity contribution is 9.10. The van der Waals surface area contributed by atoms with Crippen LogP contribution >= 0.6 is 27.5 Å². The molecule has 0 saturated carbocycles. The van der Waals surface area contributed by atoms with Gasteiger partial charge in [0.1, 0.15) is 18.3 Å². The molecule has 0 saturated heterocycles. The zero-order valence-electron chi connectivity index (χ0n) is 22.1. The number of hydrogen-bond acceptors (Lipinski definition) is 5. The van der Waals surface area contributed by atoms with Gasteiger partial charge in [0, 0.05) is 17.6 Å². The lowest BCUT2D eigenvalue weighted by atomic mass is 10.1. The third kappa shape index (κ3) is 7.52. The minimum absolute atomic E-state index is 0.0177. The van der Waals surface area contributed by atoms with Crippen molar-refractivity contribution in [2.24, 2.45) is 0 Å². The fourth-order valence-corrected chi connectivity index (χ4v) is 5.79. The van der Waals surface area contributed by atoms with Gasteiger partial charge in [-0.15, -0.1) is 0 Å². The number of hydrogen-bond donors (Lipinski definition) is 1. The van der Waals surface area contributed by atoms with Gasteiger partial charge in [0.25, 0.3) is 10.0 Å². The summed E-state index contributed by atoms with van der Waals surface area (Å²) in [6.45, 7) is 5.19. The molecule has 39 heavy (non-hydrogen) atoms. The second-order valence-corrected chi connectivity index (χ2v) is 12.0. The number of benzene rings is 3. The summed E-state index contributed by atoms with van der Waals surface area (Å²) in [5.74, 6) is -0.538. The summed E-state index contributed by atoms with van der Waals surface area (Å²) in [6.07, 6.45) is 0. The zero-order chi connectivity index (χ0) is 28.7. The van der Waals surface area contributed by atoms with E-state index in [9.17, 15) is 18.0 Å². The smallest absolute Gasteiger partial charge is 0.264 e. The van der Waals surface area contributed by atoms with E-state index in [0.717, 1.165) is 19.9 Å². The fourth-order valence-electron chi connectivity index (χ4n) is 3.87. The molecule has 0 aromatic heterocycles. The molecule has 3 aromatic carbocycles. The molecule has 0 unspecified atom stereocenters. The first-order chi connectivity index (χ1) is 18.5. The first kappa shape index (κ1) is 30.5. The Morgan fingerprint density at radius 1 is 1.05 bits per heavy atom. The Bertz CT molecular complexity index is 1420. The Kier molecular flexibility index (Phi) is 10.4. The summed E-state index contributed by atoms with van der Waals surface area (Å²) in [5.41, 5.74) is 1.85. The number of ether oxygens (including phenoxy) is 1. The van der Waals surface area contributed by atoms with Gasteiger partial charge >= 0.3 is 0 Å². The van der Waals surface area contributed by atoms with Crippen LogP contribution in [-0.2, 0) is 26.2 Å². The number of aryl methyl sites for hydroxylation is 1. The van der Waals surface area contributed by atoms with Crippen LogP contribution in [-0.4, -0.2) is 51.4 Å². The van der Waals surface area contributed by atoms with Crippen molar-refractivity contribution in [3.05, 3.63) is 87.4 Å². The summed E-state index contributed by atoms with van der Waals surface area (Å²) >= 11 is 9.74. The van der Waals surface area contributed by atoms with E-state index in [-0.39, 0.29) is 28.1 Å². The molecule has 3 aromatic rings. The van der Waals surface area contributed by atoms with Crippen LogP contribution in [0.15, 0.2) is 76.1 Å². The minimum atomic E-state index is -4.19. The van der Waals surface area contributed by atoms with Crippen molar-refractivity contribution in [2.45, 2.75) is 38.3 Å². The van der Waals surface area contributed by atoms with E-state index in [1.807, 2.05) is 31.2 Å². The maximum Gasteiger partial charge on any atom is 0.264 e. The maximum atomic E-state index is 13.9. The SMILES string of the molecule is CCNC(=O)[C@@H](C)N(Cc1ccc(Br)cc1)C(=O)CN(c1ccc(OC)c(Cl)c1)S(=O)(=O)c1ccc(C)cc1. The Morgan fingerprint density at radius 2 is 1.69 bits per heavy atom. The second kappa shape index (κ2) is 13.3. The van der Waals surface area contributed by atoms with Gasteiger partial charge in [0.2, 0.25) is 11.8 Å². The number of likely N-dealkylation sites (N-methyl/N-ethyl adjacent to an activating group) is 1. The number of rotatable bonds is 11. The molecule has 0 spiro atoms. The van der Waals surface area contributed by atoms with Crippen LogP contribution in [0, 0.1) is 6.92 Å². The number of sulfonamides is 1. The monoisotopic (exact) mass is 635 g/mol. The van der Waals surface area contributed by atoms with Crippen molar-refractivity contribution in [1.29, 1.82) is 0 Å². The predicted molar refractivity (Wildman–Crippen MR) is 157 cm³/mol. The van der Waals surface area contributed by atoms with Gasteiger partial charge in [-0.3, -0.25) is 13.9 Å².